The van der Waals surface area contributed by atoms with Gasteiger partial charge in [-0.05, 0) is 140 Å². The van der Waals surface area contributed by atoms with Crippen LogP contribution in [-0.2, 0) is 0 Å². The number of anilines is 8. The molecule has 496 valence electrons. The molecule has 15 rings (SSSR count). The van der Waals surface area contributed by atoms with Crippen LogP contribution in [0.4, 0.5) is 54.1 Å². The number of rotatable bonds is 8. The molecular formula is C72H71Br2Cl4N7O4S6. The Balaban J connectivity index is 0.000000298. The van der Waals surface area contributed by atoms with Crippen LogP contribution < -0.4 is 27.4 Å². The first-order valence-corrected chi connectivity index (χ1v) is 34.0. The summed E-state index contributed by atoms with van der Waals surface area (Å²) in [4.78, 5) is 21.0. The van der Waals surface area contributed by atoms with Gasteiger partial charge in [0.1, 0.15) is 20.2 Å². The second kappa shape index (κ2) is 39.0. The van der Waals surface area contributed by atoms with Crippen molar-refractivity contribution in [1.82, 2.24) is 0 Å². The van der Waals surface area contributed by atoms with Gasteiger partial charge in [-0.25, -0.2) is 0 Å². The van der Waals surface area contributed by atoms with Crippen molar-refractivity contribution in [2.45, 2.75) is 44.6 Å². The molecule has 6 aromatic heterocycles. The smallest absolute Gasteiger partial charge is 0.348 e. The molecule has 9 aromatic carbocycles. The summed E-state index contributed by atoms with van der Waals surface area (Å²) in [5.41, 5.74) is 17.2. The fourth-order valence-electron chi connectivity index (χ4n) is 8.77. The van der Waals surface area contributed by atoms with Crippen molar-refractivity contribution < 1.29 is 9.85 Å². The molecule has 0 aliphatic heterocycles. The largest absolute Gasteiger partial charge is 0.389 e. The van der Waals surface area contributed by atoms with Crippen molar-refractivity contribution in [2.75, 3.05) is 27.4 Å². The highest BCUT2D eigenvalue weighted by molar-refractivity contribution is 9.11. The Labute approximate surface area is 617 Å². The van der Waals surface area contributed by atoms with Gasteiger partial charge in [-0.2, -0.15) is 0 Å². The first-order valence-electron chi connectivity index (χ1n) is 26.3. The Morgan fingerprint density at radius 2 is 0.726 bits per heavy atom. The first-order chi connectivity index (χ1) is 42.7. The predicted octanol–water partition coefficient (Wildman–Crippen LogP) is 29.3. The first kappa shape index (κ1) is 81.9. The molecule has 15 aromatic rings. The van der Waals surface area contributed by atoms with Crippen LogP contribution in [-0.4, -0.2) is 9.85 Å². The van der Waals surface area contributed by atoms with Crippen molar-refractivity contribution in [3.8, 4) is 0 Å². The highest BCUT2D eigenvalue weighted by Gasteiger charge is 2.22. The SMILES string of the molecule is Brc1csc2ccccc12.C.C.C.C.C.C.Cl.Nc1sc2ccccc2c1Nc1cccc(Cl)c1.Nc1sc2ccccc2c1Nc1cccc(Cl)c1.O=[N+]([O-])c1sc2ccccc2c1Br.O=[N+]([O-])c1sc2ccccc2c1Nc1cccc(Cl)c1.c1ccc2sccc2c1. The minimum absolute atomic E-state index is 0. The second-order valence-electron chi connectivity index (χ2n) is 18.6. The number of nitrogens with zero attached hydrogens (tertiary/aromatic N) is 2. The summed E-state index contributed by atoms with van der Waals surface area (Å²) in [5, 5.41) is 46.3. The highest BCUT2D eigenvalue weighted by atomic mass is 79.9. The maximum absolute atomic E-state index is 11.2. The zero-order valence-corrected chi connectivity index (χ0v) is 57.1. The van der Waals surface area contributed by atoms with Crippen LogP contribution in [0.1, 0.15) is 44.6 Å². The number of nitrogens with two attached hydrogens (primary N) is 2. The van der Waals surface area contributed by atoms with Crippen LogP contribution in [0.3, 0.4) is 0 Å². The molecular weight excluding hydrogens is 1520 g/mol. The lowest BCUT2D eigenvalue weighted by molar-refractivity contribution is -0.380. The third-order valence-electron chi connectivity index (χ3n) is 12.7. The van der Waals surface area contributed by atoms with Gasteiger partial charge in [0.25, 0.3) is 0 Å². The predicted molar refractivity (Wildman–Crippen MR) is 440 cm³/mol. The second-order valence-corrected chi connectivity index (χ2v) is 27.7. The fraction of sp³-hybridized carbons (Fsp3) is 0.0833. The van der Waals surface area contributed by atoms with E-state index in [1.54, 1.807) is 63.5 Å². The summed E-state index contributed by atoms with van der Waals surface area (Å²) >= 11 is 33.7. The zero-order valence-electron chi connectivity index (χ0n) is 45.9. The van der Waals surface area contributed by atoms with E-state index in [9.17, 15) is 20.2 Å². The van der Waals surface area contributed by atoms with Crippen molar-refractivity contribution >= 4 is 262 Å². The summed E-state index contributed by atoms with van der Waals surface area (Å²) in [6, 6.07) is 72.5. The average Bonchev–Trinajstić information content (AvgIpc) is 1.71. The minimum Gasteiger partial charge on any atom is -0.389 e. The van der Waals surface area contributed by atoms with Crippen LogP contribution in [0, 0.1) is 20.2 Å². The topological polar surface area (TPSA) is 174 Å². The molecule has 6 heterocycles. The van der Waals surface area contributed by atoms with E-state index in [1.165, 1.54) is 45.4 Å². The molecule has 0 aliphatic carbocycles. The molecule has 0 saturated heterocycles. The number of nitro groups is 2. The third-order valence-corrected chi connectivity index (χ3v) is 21.6. The van der Waals surface area contributed by atoms with Crippen LogP contribution in [0.15, 0.2) is 244 Å². The van der Waals surface area contributed by atoms with E-state index in [0.29, 0.717) is 25.2 Å². The zero-order chi connectivity index (χ0) is 61.7. The fourth-order valence-corrected chi connectivity index (χ4v) is 16.3. The molecule has 23 heteroatoms. The lowest BCUT2D eigenvalue weighted by atomic mass is 10.2. The van der Waals surface area contributed by atoms with Crippen molar-refractivity contribution in [3.63, 3.8) is 0 Å². The third kappa shape index (κ3) is 21.1. The number of thiophene rings is 6. The number of benzene rings is 9. The number of hydrogen-bond acceptors (Lipinski definition) is 15. The van der Waals surface area contributed by atoms with E-state index < -0.39 is 0 Å². The highest BCUT2D eigenvalue weighted by Crippen LogP contribution is 2.45. The standard InChI is InChI=1S/C14H9ClN2O2S.2C14H11ClN2S.C8H4BrNO2S.C8H5BrS.C8H6S.6CH4.ClH/c15-9-4-3-5-10(8-9)16-13-11-6-1-2-7-12(11)20-14(13)17(18)19;2*15-9-4-3-5-10(8-9)17-13-11-6-1-2-7-12(11)18-14(13)16;9-7-5-3-1-2-4-6(5)13-8(7)10(11)12;9-7-5-10-8-4-2-1-3-6(7)8;1-2-4-8-7(3-1)5-6-9-8;;;;;;;/h1-8,16H;2*1-8,17H,16H2;1-4H;1-5H;1-6H;6*1H4;1H. The molecule has 0 saturated carbocycles. The average molecular weight is 1590 g/mol. The Hall–Kier alpha value is -7.34. The number of hydrogen-bond donors (Lipinski definition) is 5. The normalized spacial score (nSPS) is 9.82. The van der Waals surface area contributed by atoms with Gasteiger partial charge < -0.3 is 27.4 Å². The molecule has 0 aliphatic rings. The Bertz CT molecular complexity index is 4770. The molecule has 95 heavy (non-hydrogen) atoms. The molecule has 0 bridgehead atoms. The maximum atomic E-state index is 11.2. The van der Waals surface area contributed by atoms with E-state index in [1.807, 2.05) is 127 Å². The quantitative estimate of drug-likeness (QED) is 0.0733. The van der Waals surface area contributed by atoms with Crippen molar-refractivity contribution in [3.05, 3.63) is 279 Å². The van der Waals surface area contributed by atoms with Crippen molar-refractivity contribution in [1.29, 1.82) is 0 Å². The van der Waals surface area contributed by atoms with Gasteiger partial charge in [0.2, 0.25) is 0 Å². The van der Waals surface area contributed by atoms with Crippen LogP contribution in [0.5, 0.6) is 0 Å². The van der Waals surface area contributed by atoms with Gasteiger partial charge in [0, 0.05) is 97.1 Å². The number of nitrogens with one attached hydrogen (secondary N) is 3. The van der Waals surface area contributed by atoms with Gasteiger partial charge in [-0.1, -0.05) is 229 Å². The minimum atomic E-state index is -0.366. The van der Waals surface area contributed by atoms with E-state index in [-0.39, 0.29) is 76.8 Å². The van der Waals surface area contributed by atoms with Gasteiger partial charge in [0.15, 0.2) is 0 Å². The number of fused-ring (bicyclic) bond motifs is 6. The Morgan fingerprint density at radius 3 is 1.14 bits per heavy atom. The summed E-state index contributed by atoms with van der Waals surface area (Å²) in [6.07, 6.45) is 0. The molecule has 0 unspecified atom stereocenters. The molecule has 0 radical (unpaired) electrons. The van der Waals surface area contributed by atoms with E-state index >= 15 is 0 Å². The molecule has 7 N–H and O–H groups in total. The monoisotopic (exact) mass is 1590 g/mol. The molecule has 0 spiro atoms. The lowest BCUT2D eigenvalue weighted by Crippen LogP contribution is -1.93. The number of nitrogen functional groups attached to an aromatic ring is 2. The molecule has 11 nitrogen and oxygen atoms in total. The van der Waals surface area contributed by atoms with E-state index in [0.717, 1.165) is 80.7 Å². The summed E-state index contributed by atoms with van der Waals surface area (Å²) in [7, 11) is 0. The molecule has 0 atom stereocenters. The molecule has 0 fully saturated rings. The summed E-state index contributed by atoms with van der Waals surface area (Å²) in [5.74, 6) is 0. The summed E-state index contributed by atoms with van der Waals surface area (Å²) in [6.45, 7) is 0. The molecule has 0 amide bonds. The van der Waals surface area contributed by atoms with E-state index in [2.05, 4.69) is 137 Å². The van der Waals surface area contributed by atoms with E-state index in [4.69, 9.17) is 46.3 Å². The van der Waals surface area contributed by atoms with Crippen LogP contribution in [0.2, 0.25) is 15.1 Å². The van der Waals surface area contributed by atoms with Crippen LogP contribution >= 0.6 is 147 Å². The van der Waals surface area contributed by atoms with Crippen LogP contribution in [0.25, 0.3) is 60.5 Å². The maximum Gasteiger partial charge on any atom is 0.348 e. The van der Waals surface area contributed by atoms with Gasteiger partial charge >= 0.3 is 10.0 Å². The number of halogens is 6. The van der Waals surface area contributed by atoms with Gasteiger partial charge in [-0.15, -0.1) is 57.8 Å². The van der Waals surface area contributed by atoms with Gasteiger partial charge in [-0.3, -0.25) is 20.2 Å². The van der Waals surface area contributed by atoms with Gasteiger partial charge in [0.05, 0.1) is 21.2 Å². The Morgan fingerprint density at radius 1 is 0.379 bits per heavy atom. The lowest BCUT2D eigenvalue weighted by Gasteiger charge is -2.06. The van der Waals surface area contributed by atoms with Crippen molar-refractivity contribution in [2.24, 2.45) is 0 Å². The Kier molecular flexibility index (Phi) is 33.6. The summed E-state index contributed by atoms with van der Waals surface area (Å²) < 4.78 is 8.67.